The van der Waals surface area contributed by atoms with Gasteiger partial charge in [0.2, 0.25) is 0 Å². The van der Waals surface area contributed by atoms with Crippen molar-refractivity contribution in [3.8, 4) is 11.5 Å². The van der Waals surface area contributed by atoms with E-state index >= 15 is 0 Å². The van der Waals surface area contributed by atoms with Crippen LogP contribution in [0, 0.1) is 11.2 Å². The number of alkyl halides is 3. The minimum atomic E-state index is -4.48. The molecular weight excluding hydrogens is 550 g/mol. The zero-order chi connectivity index (χ0) is 28.6. The van der Waals surface area contributed by atoms with Crippen molar-refractivity contribution in [2.24, 2.45) is 5.41 Å². The van der Waals surface area contributed by atoms with Crippen LogP contribution >= 0.6 is 0 Å². The Kier molecular flexibility index (Phi) is 7.70. The van der Waals surface area contributed by atoms with E-state index in [-0.39, 0.29) is 59.9 Å². The molecule has 1 aliphatic carbocycles. The van der Waals surface area contributed by atoms with Crippen molar-refractivity contribution in [3.05, 3.63) is 47.8 Å². The Hall–Kier alpha value is -3.55. The molecule has 1 atom stereocenters. The molecule has 0 amide bonds. The Balaban J connectivity index is 1.61. The number of rotatable bonds is 10. The Morgan fingerprint density at radius 1 is 1.18 bits per heavy atom. The number of fused-ring (bicyclic) bond motifs is 1. The van der Waals surface area contributed by atoms with Crippen molar-refractivity contribution in [1.82, 2.24) is 0 Å². The largest absolute Gasteiger partial charge is 0.494 e. The van der Waals surface area contributed by atoms with Crippen LogP contribution < -0.4 is 13.8 Å². The molecule has 0 bridgehead atoms. The van der Waals surface area contributed by atoms with Gasteiger partial charge in [-0.3, -0.25) is 13.9 Å². The van der Waals surface area contributed by atoms with Crippen LogP contribution in [0.2, 0.25) is 0 Å². The summed E-state index contributed by atoms with van der Waals surface area (Å²) in [5, 5.41) is 9.05. The Morgan fingerprint density at radius 2 is 1.90 bits per heavy atom. The Bertz CT molecular complexity index is 1370. The second kappa shape index (κ2) is 10.5. The number of anilines is 1. The SMILES string of the molecule is COc1cc(S(=O)(=O)N2C[C@H](CCC(=O)O)Oc3ccc(CC(=O)OCC4(C(F)(F)F)CC4)cc32)ccc1F. The molecule has 0 unspecified atom stereocenters. The van der Waals surface area contributed by atoms with Gasteiger partial charge in [0.15, 0.2) is 11.6 Å². The van der Waals surface area contributed by atoms with Crippen LogP contribution in [0.4, 0.5) is 23.2 Å². The number of halogens is 4. The number of nitrogens with zero attached hydrogens (tertiary/aromatic N) is 1. The number of esters is 1. The molecule has 14 heteroatoms. The zero-order valence-electron chi connectivity index (χ0n) is 20.7. The monoisotopic (exact) mass is 575 g/mol. The fourth-order valence-corrected chi connectivity index (χ4v) is 5.67. The van der Waals surface area contributed by atoms with Crippen molar-refractivity contribution in [2.75, 3.05) is 24.6 Å². The van der Waals surface area contributed by atoms with E-state index in [1.807, 2.05) is 0 Å². The fourth-order valence-electron chi connectivity index (χ4n) is 4.15. The average Bonchev–Trinajstić information content (AvgIpc) is 3.67. The van der Waals surface area contributed by atoms with Gasteiger partial charge in [-0.15, -0.1) is 0 Å². The highest BCUT2D eigenvalue weighted by molar-refractivity contribution is 7.92. The van der Waals surface area contributed by atoms with Gasteiger partial charge in [0, 0.05) is 12.5 Å². The first-order chi connectivity index (χ1) is 18.3. The van der Waals surface area contributed by atoms with Crippen LogP contribution in [-0.4, -0.2) is 58.0 Å². The van der Waals surface area contributed by atoms with Crippen molar-refractivity contribution in [2.45, 2.75) is 49.3 Å². The first-order valence-corrected chi connectivity index (χ1v) is 13.3. The summed E-state index contributed by atoms with van der Waals surface area (Å²) in [5.74, 6) is -3.03. The van der Waals surface area contributed by atoms with Gasteiger partial charge < -0.3 is 19.3 Å². The number of carbonyl (C=O) groups is 2. The molecule has 0 aromatic heterocycles. The van der Waals surface area contributed by atoms with Crippen molar-refractivity contribution in [3.63, 3.8) is 0 Å². The van der Waals surface area contributed by atoms with Gasteiger partial charge in [-0.1, -0.05) is 6.07 Å². The number of benzene rings is 2. The third-order valence-corrected chi connectivity index (χ3v) is 8.43. The molecule has 1 heterocycles. The maximum absolute atomic E-state index is 13.9. The third kappa shape index (κ3) is 6.05. The van der Waals surface area contributed by atoms with Gasteiger partial charge in [0.1, 0.15) is 23.9 Å². The summed E-state index contributed by atoms with van der Waals surface area (Å²) < 4.78 is 97.2. The molecule has 1 N–H and O–H groups in total. The summed E-state index contributed by atoms with van der Waals surface area (Å²) in [4.78, 5) is 23.1. The van der Waals surface area contributed by atoms with E-state index in [2.05, 4.69) is 0 Å². The lowest BCUT2D eigenvalue weighted by Gasteiger charge is -2.35. The summed E-state index contributed by atoms with van der Waals surface area (Å²) in [6.45, 7) is -1.08. The normalized spacial score (nSPS) is 18.1. The second-order valence-corrected chi connectivity index (χ2v) is 11.3. The molecule has 0 radical (unpaired) electrons. The number of hydrogen-bond donors (Lipinski definition) is 1. The molecule has 1 aliphatic heterocycles. The number of carboxylic acids is 1. The van der Waals surface area contributed by atoms with Crippen LogP contribution in [0.15, 0.2) is 41.3 Å². The minimum absolute atomic E-state index is 0.0113. The number of aliphatic carboxylic acids is 1. The highest BCUT2D eigenvalue weighted by Crippen LogP contribution is 2.57. The van der Waals surface area contributed by atoms with Crippen LogP contribution in [0.1, 0.15) is 31.2 Å². The number of sulfonamides is 1. The van der Waals surface area contributed by atoms with E-state index in [4.69, 9.17) is 19.3 Å². The smallest absolute Gasteiger partial charge is 0.397 e. The lowest BCUT2D eigenvalue weighted by atomic mass is 10.1. The van der Waals surface area contributed by atoms with Gasteiger partial charge in [0.05, 0.1) is 30.7 Å². The molecule has 0 saturated heterocycles. The summed E-state index contributed by atoms with van der Waals surface area (Å²) in [7, 11) is -3.19. The quantitative estimate of drug-likeness (QED) is 0.333. The molecular formula is C25H25F4NO8S. The van der Waals surface area contributed by atoms with Gasteiger partial charge in [-0.2, -0.15) is 13.2 Å². The van der Waals surface area contributed by atoms with Crippen molar-refractivity contribution in [1.29, 1.82) is 0 Å². The molecule has 1 saturated carbocycles. The van der Waals surface area contributed by atoms with Crippen molar-refractivity contribution < 1.29 is 54.9 Å². The number of carbonyl (C=O) groups excluding carboxylic acids is 1. The second-order valence-electron chi connectivity index (χ2n) is 9.42. The number of ether oxygens (including phenoxy) is 3. The first-order valence-electron chi connectivity index (χ1n) is 11.9. The molecule has 39 heavy (non-hydrogen) atoms. The predicted octanol–water partition coefficient (Wildman–Crippen LogP) is 4.08. The average molecular weight is 576 g/mol. The zero-order valence-corrected chi connectivity index (χ0v) is 21.5. The van der Waals surface area contributed by atoms with Crippen LogP contribution in [0.5, 0.6) is 11.5 Å². The number of hydrogen-bond acceptors (Lipinski definition) is 7. The molecule has 0 spiro atoms. The van der Waals surface area contributed by atoms with Gasteiger partial charge in [-0.05, 0) is 49.1 Å². The van der Waals surface area contributed by atoms with E-state index < -0.39 is 58.5 Å². The van der Waals surface area contributed by atoms with Crippen molar-refractivity contribution >= 4 is 27.6 Å². The molecule has 9 nitrogen and oxygen atoms in total. The molecule has 2 aliphatic rings. The van der Waals surface area contributed by atoms with E-state index in [9.17, 15) is 35.6 Å². The maximum Gasteiger partial charge on any atom is 0.397 e. The van der Waals surface area contributed by atoms with E-state index in [0.29, 0.717) is 0 Å². The van der Waals surface area contributed by atoms with E-state index in [1.165, 1.54) is 25.3 Å². The summed E-state index contributed by atoms with van der Waals surface area (Å²) in [6.07, 6.45) is -6.29. The van der Waals surface area contributed by atoms with Gasteiger partial charge in [0.25, 0.3) is 10.0 Å². The van der Waals surface area contributed by atoms with E-state index in [1.54, 1.807) is 0 Å². The van der Waals surface area contributed by atoms with Crippen LogP contribution in [0.3, 0.4) is 0 Å². The van der Waals surface area contributed by atoms with Crippen LogP contribution in [0.25, 0.3) is 0 Å². The summed E-state index contributed by atoms with van der Waals surface area (Å²) >= 11 is 0. The van der Waals surface area contributed by atoms with Crippen LogP contribution in [-0.2, 0) is 30.8 Å². The minimum Gasteiger partial charge on any atom is -0.494 e. The molecule has 4 rings (SSSR count). The lowest BCUT2D eigenvalue weighted by molar-refractivity contribution is -0.202. The molecule has 2 aromatic carbocycles. The third-order valence-electron chi connectivity index (χ3n) is 6.66. The Morgan fingerprint density at radius 3 is 2.51 bits per heavy atom. The predicted molar refractivity (Wildman–Crippen MR) is 128 cm³/mol. The van der Waals surface area contributed by atoms with Gasteiger partial charge >= 0.3 is 18.1 Å². The lowest BCUT2D eigenvalue weighted by Crippen LogP contribution is -2.43. The Labute approximate surface area is 221 Å². The summed E-state index contributed by atoms with van der Waals surface area (Å²) in [5.41, 5.74) is -1.75. The highest BCUT2D eigenvalue weighted by Gasteiger charge is 2.64. The molecule has 212 valence electrons. The first kappa shape index (κ1) is 28.5. The standard InChI is InChI=1S/C25H25F4NO8S/c1-36-21-12-17(4-5-18(21)26)39(34,35)30-13-16(3-7-22(31)32)38-20-6-2-15(10-19(20)30)11-23(33)37-14-24(8-9-24)25(27,28)29/h2,4-6,10,12,16H,3,7-9,11,13-14H2,1H3,(H,31,32)/t16-/m0/s1. The fraction of sp³-hybridized carbons (Fsp3) is 0.440. The number of methoxy groups -OCH3 is 1. The highest BCUT2D eigenvalue weighted by atomic mass is 32.2. The maximum atomic E-state index is 13.9. The summed E-state index contributed by atoms with van der Waals surface area (Å²) in [6, 6.07) is 7.12. The number of carboxylic acid groups (broad SMARTS) is 1. The van der Waals surface area contributed by atoms with E-state index in [0.717, 1.165) is 22.5 Å². The topological polar surface area (TPSA) is 119 Å². The van der Waals surface area contributed by atoms with Gasteiger partial charge in [-0.25, -0.2) is 12.8 Å². The molecule has 2 aromatic rings. The molecule has 1 fully saturated rings.